The summed E-state index contributed by atoms with van der Waals surface area (Å²) in [6.07, 6.45) is 5.42. The number of pyridine rings is 1. The van der Waals surface area contributed by atoms with Gasteiger partial charge in [0.25, 0.3) is 0 Å². The lowest BCUT2D eigenvalue weighted by Crippen LogP contribution is -2.21. The van der Waals surface area contributed by atoms with E-state index < -0.39 is 0 Å². The maximum Gasteiger partial charge on any atom is 0.324 e. The van der Waals surface area contributed by atoms with Crippen LogP contribution >= 0.6 is 0 Å². The number of ether oxygens (including phenoxy) is 1. The van der Waals surface area contributed by atoms with Crippen molar-refractivity contribution in [3.05, 3.63) is 78.9 Å². The van der Waals surface area contributed by atoms with Crippen LogP contribution in [0.4, 0.5) is 16.3 Å². The van der Waals surface area contributed by atoms with E-state index in [2.05, 4.69) is 34.6 Å². The summed E-state index contributed by atoms with van der Waals surface area (Å²) in [4.78, 5) is 17.4. The minimum Gasteiger partial charge on any atom is -0.497 e. The van der Waals surface area contributed by atoms with E-state index in [1.54, 1.807) is 22.7 Å². The third-order valence-corrected chi connectivity index (χ3v) is 5.97. The third-order valence-electron chi connectivity index (χ3n) is 5.97. The Bertz CT molecular complexity index is 1550. The molecule has 5 rings (SSSR count). The number of urea groups is 1. The molecule has 36 heavy (non-hydrogen) atoms. The Balaban J connectivity index is 1.41. The predicted octanol–water partition coefficient (Wildman–Crippen LogP) is 5.60. The van der Waals surface area contributed by atoms with Gasteiger partial charge in [-0.1, -0.05) is 32.0 Å². The molecule has 0 saturated carbocycles. The number of carbonyl (C=O) groups excluding carboxylic acids is 1. The number of nitrogens with zero attached hydrogens (tertiary/aromatic N) is 5. The Labute approximate surface area is 208 Å². The standard InChI is InChI=1S/C27H27N7O2/c1-17(2)24-13-26(34(32-24)20-9-6-10-21(12-20)36-4)31-27(35)30-19-8-5-7-18(11-19)22-14-28-16-25-23(22)15-29-33(25)3/h5-17H,1-4H3,(H2,30,31,35). The van der Waals surface area contributed by atoms with Crippen LogP contribution < -0.4 is 15.4 Å². The fourth-order valence-corrected chi connectivity index (χ4v) is 4.04. The largest absolute Gasteiger partial charge is 0.497 e. The van der Waals surface area contributed by atoms with E-state index in [1.165, 1.54) is 0 Å². The molecular formula is C27H27N7O2. The van der Waals surface area contributed by atoms with Gasteiger partial charge in [-0.25, -0.2) is 9.48 Å². The van der Waals surface area contributed by atoms with Gasteiger partial charge in [0.1, 0.15) is 11.6 Å². The number of benzene rings is 2. The smallest absolute Gasteiger partial charge is 0.324 e. The molecule has 5 aromatic rings. The number of rotatable bonds is 6. The van der Waals surface area contributed by atoms with Gasteiger partial charge in [0, 0.05) is 42.0 Å². The van der Waals surface area contributed by atoms with Gasteiger partial charge < -0.3 is 10.1 Å². The summed E-state index contributed by atoms with van der Waals surface area (Å²) < 4.78 is 8.86. The molecule has 3 heterocycles. The van der Waals surface area contributed by atoms with Crippen molar-refractivity contribution in [3.8, 4) is 22.6 Å². The monoisotopic (exact) mass is 481 g/mol. The SMILES string of the molecule is COc1cccc(-n2nc(C(C)C)cc2NC(=O)Nc2cccc(-c3cncc4c3cnn4C)c2)c1. The second-order valence-corrected chi connectivity index (χ2v) is 8.77. The molecule has 2 amide bonds. The van der Waals surface area contributed by atoms with E-state index in [0.717, 1.165) is 33.4 Å². The van der Waals surface area contributed by atoms with Crippen LogP contribution in [0.25, 0.3) is 27.7 Å². The van der Waals surface area contributed by atoms with Crippen molar-refractivity contribution >= 4 is 28.4 Å². The lowest BCUT2D eigenvalue weighted by molar-refractivity contribution is 0.262. The van der Waals surface area contributed by atoms with Crippen LogP contribution in [-0.2, 0) is 7.05 Å². The van der Waals surface area contributed by atoms with Gasteiger partial charge in [-0.05, 0) is 35.7 Å². The van der Waals surface area contributed by atoms with Gasteiger partial charge in [0.2, 0.25) is 0 Å². The minimum atomic E-state index is -0.371. The van der Waals surface area contributed by atoms with E-state index in [0.29, 0.717) is 17.3 Å². The summed E-state index contributed by atoms with van der Waals surface area (Å²) in [5.74, 6) is 1.46. The Morgan fingerprint density at radius 1 is 1.00 bits per heavy atom. The molecule has 0 saturated heterocycles. The van der Waals surface area contributed by atoms with E-state index in [-0.39, 0.29) is 11.9 Å². The maximum atomic E-state index is 13.0. The predicted molar refractivity (Wildman–Crippen MR) is 141 cm³/mol. The number of aromatic nitrogens is 5. The summed E-state index contributed by atoms with van der Waals surface area (Å²) in [5, 5.41) is 15.9. The number of nitrogens with one attached hydrogen (secondary N) is 2. The van der Waals surface area contributed by atoms with Crippen molar-refractivity contribution in [1.82, 2.24) is 24.5 Å². The first-order valence-corrected chi connectivity index (χ1v) is 11.6. The van der Waals surface area contributed by atoms with Crippen LogP contribution in [0, 0.1) is 0 Å². The zero-order valence-electron chi connectivity index (χ0n) is 20.6. The van der Waals surface area contributed by atoms with Crippen molar-refractivity contribution in [2.75, 3.05) is 17.7 Å². The van der Waals surface area contributed by atoms with Crippen LogP contribution in [0.5, 0.6) is 5.75 Å². The van der Waals surface area contributed by atoms with Crippen molar-refractivity contribution in [3.63, 3.8) is 0 Å². The van der Waals surface area contributed by atoms with Crippen LogP contribution in [0.3, 0.4) is 0 Å². The number of hydrogen-bond acceptors (Lipinski definition) is 5. The highest BCUT2D eigenvalue weighted by Gasteiger charge is 2.16. The highest BCUT2D eigenvalue weighted by molar-refractivity contribution is 6.00. The molecule has 0 spiro atoms. The Kier molecular flexibility index (Phi) is 6.12. The molecular weight excluding hydrogens is 454 g/mol. The fourth-order valence-electron chi connectivity index (χ4n) is 4.04. The van der Waals surface area contributed by atoms with Gasteiger partial charge in [0.15, 0.2) is 0 Å². The normalized spacial score (nSPS) is 11.1. The average molecular weight is 482 g/mol. The second kappa shape index (κ2) is 9.53. The van der Waals surface area contributed by atoms with E-state index in [1.807, 2.05) is 74.0 Å². The van der Waals surface area contributed by atoms with Gasteiger partial charge in [-0.15, -0.1) is 0 Å². The van der Waals surface area contributed by atoms with Crippen molar-refractivity contribution in [1.29, 1.82) is 0 Å². The average Bonchev–Trinajstić information content (AvgIpc) is 3.48. The van der Waals surface area contributed by atoms with E-state index in [4.69, 9.17) is 9.84 Å². The number of anilines is 2. The fraction of sp³-hybridized carbons (Fsp3) is 0.185. The molecule has 0 unspecified atom stereocenters. The first-order valence-electron chi connectivity index (χ1n) is 11.6. The summed E-state index contributed by atoms with van der Waals surface area (Å²) >= 11 is 0. The molecule has 0 aliphatic heterocycles. The maximum absolute atomic E-state index is 13.0. The van der Waals surface area contributed by atoms with Crippen molar-refractivity contribution in [2.24, 2.45) is 7.05 Å². The zero-order valence-corrected chi connectivity index (χ0v) is 20.6. The van der Waals surface area contributed by atoms with Gasteiger partial charge >= 0.3 is 6.03 Å². The van der Waals surface area contributed by atoms with Crippen LogP contribution in [0.2, 0.25) is 0 Å². The van der Waals surface area contributed by atoms with Crippen molar-refractivity contribution < 1.29 is 9.53 Å². The molecule has 182 valence electrons. The summed E-state index contributed by atoms with van der Waals surface area (Å²) in [6, 6.07) is 16.7. The lowest BCUT2D eigenvalue weighted by atomic mass is 10.0. The van der Waals surface area contributed by atoms with E-state index >= 15 is 0 Å². The first-order chi connectivity index (χ1) is 17.4. The summed E-state index contributed by atoms with van der Waals surface area (Å²) in [5.41, 5.74) is 5.13. The number of hydrogen-bond donors (Lipinski definition) is 2. The Morgan fingerprint density at radius 3 is 2.64 bits per heavy atom. The highest BCUT2D eigenvalue weighted by atomic mass is 16.5. The quantitative estimate of drug-likeness (QED) is 0.329. The molecule has 0 fully saturated rings. The summed E-state index contributed by atoms with van der Waals surface area (Å²) in [6.45, 7) is 4.12. The molecule has 2 aromatic carbocycles. The molecule has 2 N–H and O–H groups in total. The molecule has 3 aromatic heterocycles. The lowest BCUT2D eigenvalue weighted by Gasteiger charge is -2.12. The molecule has 0 aliphatic carbocycles. The Morgan fingerprint density at radius 2 is 1.83 bits per heavy atom. The highest BCUT2D eigenvalue weighted by Crippen LogP contribution is 2.29. The summed E-state index contributed by atoms with van der Waals surface area (Å²) in [7, 11) is 3.50. The second-order valence-electron chi connectivity index (χ2n) is 8.77. The van der Waals surface area contributed by atoms with Gasteiger partial charge in [-0.2, -0.15) is 10.2 Å². The topological polar surface area (TPSA) is 98.9 Å². The zero-order chi connectivity index (χ0) is 25.2. The number of fused-ring (bicyclic) bond motifs is 1. The van der Waals surface area contributed by atoms with Crippen molar-refractivity contribution in [2.45, 2.75) is 19.8 Å². The number of aryl methyl sites for hydroxylation is 1. The third kappa shape index (κ3) is 4.50. The molecule has 0 atom stereocenters. The molecule has 9 nitrogen and oxygen atoms in total. The molecule has 0 aliphatic rings. The first kappa shape index (κ1) is 23.1. The molecule has 0 bridgehead atoms. The number of methoxy groups -OCH3 is 1. The van der Waals surface area contributed by atoms with Crippen LogP contribution in [0.1, 0.15) is 25.5 Å². The van der Waals surface area contributed by atoms with Gasteiger partial charge in [-0.3, -0.25) is 15.0 Å². The molecule has 9 heteroatoms. The van der Waals surface area contributed by atoms with Crippen LogP contribution in [0.15, 0.2) is 73.2 Å². The molecule has 0 radical (unpaired) electrons. The number of carbonyl (C=O) groups is 1. The van der Waals surface area contributed by atoms with Crippen LogP contribution in [-0.4, -0.2) is 37.7 Å². The number of amides is 2. The minimum absolute atomic E-state index is 0.195. The Hall–Kier alpha value is -4.66. The van der Waals surface area contributed by atoms with E-state index in [9.17, 15) is 4.79 Å². The van der Waals surface area contributed by atoms with Gasteiger partial charge in [0.05, 0.1) is 36.4 Å².